The molecule has 0 heterocycles. The molecule has 7 rings (SSSR count). The van der Waals surface area contributed by atoms with E-state index in [0.717, 1.165) is 73.4 Å². The van der Waals surface area contributed by atoms with Crippen molar-refractivity contribution >= 4 is 52.8 Å². The first-order valence-electron chi connectivity index (χ1n) is 25.0. The van der Waals surface area contributed by atoms with E-state index in [0.29, 0.717) is 25.2 Å². The van der Waals surface area contributed by atoms with Crippen LogP contribution in [0.4, 0.5) is 5.69 Å². The van der Waals surface area contributed by atoms with Gasteiger partial charge in [0.1, 0.15) is 6.10 Å². The van der Waals surface area contributed by atoms with E-state index in [9.17, 15) is 23.7 Å². The van der Waals surface area contributed by atoms with Gasteiger partial charge in [-0.25, -0.2) is 0 Å². The molecule has 1 unspecified atom stereocenters. The number of esters is 1. The molecule has 0 spiro atoms. The zero-order chi connectivity index (χ0) is 48.8. The summed E-state index contributed by atoms with van der Waals surface area (Å²) < 4.78 is 32.2. The number of anilines is 1. The van der Waals surface area contributed by atoms with Crippen LogP contribution in [0.15, 0.2) is 64.7 Å². The minimum Gasteiger partial charge on any atom is -0.462 e. The van der Waals surface area contributed by atoms with Gasteiger partial charge in [0.05, 0.1) is 19.6 Å². The highest BCUT2D eigenvalue weighted by atomic mass is 79.9. The zero-order valence-corrected chi connectivity index (χ0v) is 44.3. The second kappa shape index (κ2) is 19.5. The maximum absolute atomic E-state index is 14.9. The maximum Gasteiger partial charge on any atom is 0.357 e. The van der Waals surface area contributed by atoms with E-state index in [-0.39, 0.29) is 94.1 Å². The summed E-state index contributed by atoms with van der Waals surface area (Å²) in [5, 5.41) is 9.61. The minimum atomic E-state index is -3.58. The van der Waals surface area contributed by atoms with Gasteiger partial charge >= 0.3 is 13.6 Å². The van der Waals surface area contributed by atoms with Gasteiger partial charge in [0.2, 0.25) is 11.8 Å². The number of amides is 2. The number of hydrogen-bond acceptors (Lipinski definition) is 9. The number of carbonyl (C=O) groups is 4. The quantitative estimate of drug-likeness (QED) is 0.0849. The topological polar surface area (TPSA) is 149 Å². The first-order valence-corrected chi connectivity index (χ1v) is 27.4. The standard InChI is InChI=1S/C54H77BrN3O8P/c1-11-64-67(63,65-12-2)47(37-16-18-38(55)19-17-37)58-39-20-14-36(15-21-39)32-45(61)56-30-13-31-57-48(62)51(7)27-26-50(6)28-29-53(9)40(41(50)34-51)33-42(60)46-52(8)24-23-44(66-35(3)59)49(4,5)43(52)22-25-54(46,53)10/h14-21,33,41,43-44,46-47,58H,11-13,22-32,34H2,1-10H3,(H,56,61)(H,57,62)/t41-,43-,44-,46+,47?,50+,51-,52-,53+,54+/m0/s1. The summed E-state index contributed by atoms with van der Waals surface area (Å²) in [7, 11) is -3.58. The van der Waals surface area contributed by atoms with E-state index in [1.165, 1.54) is 12.5 Å². The van der Waals surface area contributed by atoms with Crippen LogP contribution in [0.5, 0.6) is 0 Å². The molecule has 10 atom stereocenters. The summed E-state index contributed by atoms with van der Waals surface area (Å²) in [5.74, 6) is -0.461. The smallest absolute Gasteiger partial charge is 0.357 e. The lowest BCUT2D eigenvalue weighted by Gasteiger charge is -2.70. The molecular weight excluding hydrogens is 929 g/mol. The van der Waals surface area contributed by atoms with E-state index >= 15 is 0 Å². The number of fused-ring (bicyclic) bond motifs is 7. The number of ketones is 1. The monoisotopic (exact) mass is 1010 g/mol. The first-order chi connectivity index (χ1) is 31.5. The van der Waals surface area contributed by atoms with E-state index in [4.69, 9.17) is 13.8 Å². The van der Waals surface area contributed by atoms with Gasteiger partial charge in [-0.3, -0.25) is 23.7 Å². The van der Waals surface area contributed by atoms with Crippen molar-refractivity contribution in [1.29, 1.82) is 0 Å². The molecule has 5 aliphatic carbocycles. The van der Waals surface area contributed by atoms with Crippen LogP contribution in [0.2, 0.25) is 0 Å². The third-order valence-corrected chi connectivity index (χ3v) is 20.9. The molecule has 2 aromatic carbocycles. The predicted molar refractivity (Wildman–Crippen MR) is 267 cm³/mol. The molecule has 0 bridgehead atoms. The first kappa shape index (κ1) is 51.5. The Balaban J connectivity index is 0.940. The molecule has 368 valence electrons. The Morgan fingerprint density at radius 3 is 2.10 bits per heavy atom. The minimum absolute atomic E-state index is 0.0283. The number of benzene rings is 2. The van der Waals surface area contributed by atoms with Crippen LogP contribution in [0.3, 0.4) is 0 Å². The molecule has 2 aromatic rings. The van der Waals surface area contributed by atoms with Crippen LogP contribution >= 0.6 is 23.5 Å². The van der Waals surface area contributed by atoms with Crippen molar-refractivity contribution in [3.63, 3.8) is 0 Å². The number of rotatable bonds is 16. The van der Waals surface area contributed by atoms with Gasteiger partial charge in [-0.15, -0.1) is 0 Å². The van der Waals surface area contributed by atoms with Crippen LogP contribution in [0.1, 0.15) is 150 Å². The SMILES string of the molecule is CCOP(=O)(OCC)C(Nc1ccc(CC(=O)NCCCNC(=O)[C@@]2(C)CC[C@]3(C)CC[C@]4(C)C(=CC(=O)[C@@H]5[C@@]6(C)CC[C@H](OC(C)=O)C(C)(C)[C@@H]6CC[C@]54C)[C@@H]3C2)cc1)c1ccc(Br)cc1. The summed E-state index contributed by atoms with van der Waals surface area (Å²) in [6, 6.07) is 15.0. The lowest BCUT2D eigenvalue weighted by molar-refractivity contribution is -0.210. The molecular formula is C54H77BrN3O8P. The van der Waals surface area contributed by atoms with E-state index in [1.54, 1.807) is 13.8 Å². The highest BCUT2D eigenvalue weighted by molar-refractivity contribution is 9.10. The van der Waals surface area contributed by atoms with Crippen molar-refractivity contribution in [3.05, 3.63) is 75.8 Å². The average molecular weight is 1010 g/mol. The second-order valence-electron chi connectivity index (χ2n) is 22.5. The second-order valence-corrected chi connectivity index (χ2v) is 25.5. The van der Waals surface area contributed by atoms with Crippen LogP contribution in [-0.2, 0) is 43.9 Å². The van der Waals surface area contributed by atoms with E-state index < -0.39 is 18.8 Å². The van der Waals surface area contributed by atoms with Crippen LogP contribution in [0.25, 0.3) is 0 Å². The summed E-state index contributed by atoms with van der Waals surface area (Å²) in [5.41, 5.74) is 2.25. The van der Waals surface area contributed by atoms with Gasteiger partial charge in [-0.05, 0) is 153 Å². The highest BCUT2D eigenvalue weighted by Gasteiger charge is 2.70. The van der Waals surface area contributed by atoms with Crippen molar-refractivity contribution in [2.24, 2.45) is 50.2 Å². The fourth-order valence-corrected chi connectivity index (χ4v) is 16.4. The largest absolute Gasteiger partial charge is 0.462 e. The fraction of sp³-hybridized carbons (Fsp3) is 0.667. The van der Waals surface area contributed by atoms with Crippen molar-refractivity contribution in [3.8, 4) is 0 Å². The Hall–Kier alpha value is -3.31. The van der Waals surface area contributed by atoms with E-state index in [1.807, 2.05) is 48.5 Å². The van der Waals surface area contributed by atoms with Gasteiger partial charge in [0.15, 0.2) is 11.6 Å². The van der Waals surface area contributed by atoms with Crippen molar-refractivity contribution < 1.29 is 37.5 Å². The Morgan fingerprint density at radius 2 is 1.46 bits per heavy atom. The normalized spacial score (nSPS) is 33.7. The molecule has 0 aromatic heterocycles. The Morgan fingerprint density at radius 1 is 0.821 bits per heavy atom. The van der Waals surface area contributed by atoms with Gasteiger partial charge in [-0.1, -0.05) is 94.2 Å². The molecule has 13 heteroatoms. The zero-order valence-electron chi connectivity index (χ0n) is 41.8. The van der Waals surface area contributed by atoms with Crippen molar-refractivity contribution in [1.82, 2.24) is 10.6 Å². The average Bonchev–Trinajstić information content (AvgIpc) is 3.26. The Kier molecular flexibility index (Phi) is 15.0. The summed E-state index contributed by atoms with van der Waals surface area (Å²) >= 11 is 3.47. The molecule has 0 radical (unpaired) electrons. The number of allylic oxidation sites excluding steroid dienone is 2. The molecule has 2 amide bonds. The number of nitrogens with one attached hydrogen (secondary N) is 3. The molecule has 67 heavy (non-hydrogen) atoms. The van der Waals surface area contributed by atoms with E-state index in [2.05, 4.69) is 86.4 Å². The predicted octanol–water partition coefficient (Wildman–Crippen LogP) is 11.9. The number of hydrogen-bond donors (Lipinski definition) is 3. The molecule has 3 N–H and O–H groups in total. The highest BCUT2D eigenvalue weighted by Crippen LogP contribution is 2.75. The molecule has 11 nitrogen and oxygen atoms in total. The van der Waals surface area contributed by atoms with Gasteiger partial charge in [0.25, 0.3) is 0 Å². The van der Waals surface area contributed by atoms with Crippen LogP contribution < -0.4 is 16.0 Å². The number of carbonyl (C=O) groups excluding carboxylic acids is 4. The molecule has 5 aliphatic rings. The molecule has 4 saturated carbocycles. The number of halogens is 1. The number of ether oxygens (including phenoxy) is 1. The van der Waals surface area contributed by atoms with Crippen molar-refractivity contribution in [2.75, 3.05) is 31.6 Å². The lowest BCUT2D eigenvalue weighted by atomic mass is 9.33. The summed E-state index contributed by atoms with van der Waals surface area (Å²) in [4.78, 5) is 54.2. The maximum atomic E-state index is 14.9. The van der Waals surface area contributed by atoms with Gasteiger partial charge in [0, 0.05) is 46.9 Å². The third-order valence-electron chi connectivity index (χ3n) is 18.1. The van der Waals surface area contributed by atoms with Crippen LogP contribution in [-0.4, -0.2) is 56.0 Å². The third kappa shape index (κ3) is 9.65. The van der Waals surface area contributed by atoms with Crippen molar-refractivity contribution in [2.45, 2.75) is 152 Å². The summed E-state index contributed by atoms with van der Waals surface area (Å²) in [6.45, 7) is 22.7. The molecule has 0 aliphatic heterocycles. The Bertz CT molecular complexity index is 2260. The van der Waals surface area contributed by atoms with Gasteiger partial charge in [-0.2, -0.15) is 0 Å². The Labute approximate surface area is 408 Å². The lowest BCUT2D eigenvalue weighted by Crippen LogP contribution is -2.66. The molecule has 0 saturated heterocycles. The fourth-order valence-electron chi connectivity index (χ4n) is 14.2. The van der Waals surface area contributed by atoms with Gasteiger partial charge < -0.3 is 29.7 Å². The van der Waals surface area contributed by atoms with Crippen LogP contribution in [0, 0.1) is 50.2 Å². The summed E-state index contributed by atoms with van der Waals surface area (Å²) in [6.07, 6.45) is 10.9. The molecule has 4 fully saturated rings.